The zero-order valence-electron chi connectivity index (χ0n) is 9.79. The largest absolute Gasteiger partial charge is 0.323 e. The van der Waals surface area contributed by atoms with Gasteiger partial charge >= 0.3 is 0 Å². The van der Waals surface area contributed by atoms with E-state index in [-0.39, 0.29) is 12.1 Å². The lowest BCUT2D eigenvalue weighted by Gasteiger charge is -2.06. The summed E-state index contributed by atoms with van der Waals surface area (Å²) < 4.78 is 26.3. The fourth-order valence-corrected chi connectivity index (χ4v) is 1.83. The number of nitrogens with one attached hydrogen (secondary N) is 1. The molecule has 0 atom stereocenters. The zero-order valence-corrected chi connectivity index (χ0v) is 10.5. The molecule has 0 aromatic heterocycles. The number of carbonyl (C=O) groups is 1. The maximum Gasteiger partial charge on any atom is 0.228 e. The van der Waals surface area contributed by atoms with Gasteiger partial charge in [-0.15, -0.1) is 0 Å². The highest BCUT2D eigenvalue weighted by atomic mass is 35.5. The van der Waals surface area contributed by atoms with Crippen LogP contribution in [-0.2, 0) is 11.2 Å². The van der Waals surface area contributed by atoms with Crippen LogP contribution in [0.3, 0.4) is 0 Å². The topological polar surface area (TPSA) is 29.1 Å². The van der Waals surface area contributed by atoms with Gasteiger partial charge in [0, 0.05) is 11.1 Å². The van der Waals surface area contributed by atoms with Gasteiger partial charge in [0.1, 0.15) is 11.6 Å². The first-order valence-electron chi connectivity index (χ1n) is 5.54. The van der Waals surface area contributed by atoms with E-state index < -0.39 is 17.5 Å². The van der Waals surface area contributed by atoms with Crippen LogP contribution in [0, 0.1) is 11.6 Å². The van der Waals surface area contributed by atoms with E-state index in [0.29, 0.717) is 10.6 Å². The van der Waals surface area contributed by atoms with Gasteiger partial charge in [0.05, 0.1) is 12.1 Å². The Hall–Kier alpha value is -1.94. The molecular weight excluding hydrogens is 272 g/mol. The molecule has 2 aromatic carbocycles. The van der Waals surface area contributed by atoms with Gasteiger partial charge in [-0.2, -0.15) is 0 Å². The number of rotatable bonds is 3. The number of carbonyl (C=O) groups excluding carboxylic acids is 1. The van der Waals surface area contributed by atoms with Gasteiger partial charge in [-0.25, -0.2) is 8.78 Å². The lowest BCUT2D eigenvalue weighted by molar-refractivity contribution is -0.115. The highest BCUT2D eigenvalue weighted by Gasteiger charge is 2.09. The first kappa shape index (κ1) is 13.5. The summed E-state index contributed by atoms with van der Waals surface area (Å²) in [5.74, 6) is -1.73. The van der Waals surface area contributed by atoms with E-state index in [1.54, 1.807) is 24.3 Å². The average Bonchev–Trinajstić information content (AvgIpc) is 2.34. The highest BCUT2D eigenvalue weighted by molar-refractivity contribution is 6.30. The Balaban J connectivity index is 2.07. The third kappa shape index (κ3) is 3.76. The molecule has 0 aliphatic rings. The van der Waals surface area contributed by atoms with Gasteiger partial charge in [0.15, 0.2) is 0 Å². The van der Waals surface area contributed by atoms with Gasteiger partial charge in [-0.05, 0) is 29.8 Å². The average molecular weight is 282 g/mol. The molecule has 2 rings (SSSR count). The van der Waals surface area contributed by atoms with Crippen LogP contribution in [-0.4, -0.2) is 5.91 Å². The van der Waals surface area contributed by atoms with Crippen molar-refractivity contribution in [2.45, 2.75) is 6.42 Å². The van der Waals surface area contributed by atoms with Crippen molar-refractivity contribution in [2.24, 2.45) is 0 Å². The molecule has 19 heavy (non-hydrogen) atoms. The number of hydrogen-bond donors (Lipinski definition) is 1. The Bertz CT molecular complexity index is 616. The van der Waals surface area contributed by atoms with Crippen molar-refractivity contribution in [3.63, 3.8) is 0 Å². The predicted octanol–water partition coefficient (Wildman–Crippen LogP) is 3.80. The van der Waals surface area contributed by atoms with Crippen molar-refractivity contribution in [3.05, 3.63) is 64.7 Å². The standard InChI is InChI=1S/C14H10ClF2NO/c15-10-3-1-2-9(6-10)7-14(19)18-13-8-11(16)4-5-12(13)17/h1-6,8H,7H2,(H,18,19). The summed E-state index contributed by atoms with van der Waals surface area (Å²) in [7, 11) is 0. The molecule has 0 radical (unpaired) electrons. The van der Waals surface area contributed by atoms with Crippen LogP contribution < -0.4 is 5.32 Å². The quantitative estimate of drug-likeness (QED) is 0.911. The SMILES string of the molecule is O=C(Cc1cccc(Cl)c1)Nc1cc(F)ccc1F. The van der Waals surface area contributed by atoms with Crippen LogP contribution in [0.25, 0.3) is 0 Å². The van der Waals surface area contributed by atoms with E-state index in [1.807, 2.05) is 0 Å². The summed E-state index contributed by atoms with van der Waals surface area (Å²) in [6, 6.07) is 9.66. The molecule has 0 saturated carbocycles. The first-order chi connectivity index (χ1) is 9.04. The molecule has 0 saturated heterocycles. The van der Waals surface area contributed by atoms with E-state index in [1.165, 1.54) is 0 Å². The zero-order chi connectivity index (χ0) is 13.8. The molecule has 0 heterocycles. The second kappa shape index (κ2) is 5.80. The fraction of sp³-hybridized carbons (Fsp3) is 0.0714. The molecule has 1 N–H and O–H groups in total. The van der Waals surface area contributed by atoms with Gasteiger partial charge in [0.25, 0.3) is 0 Å². The molecular formula is C14H10ClF2NO. The predicted molar refractivity (Wildman–Crippen MR) is 70.1 cm³/mol. The summed E-state index contributed by atoms with van der Waals surface area (Å²) in [6.07, 6.45) is 0.0382. The Morgan fingerprint density at radius 3 is 2.68 bits per heavy atom. The monoisotopic (exact) mass is 281 g/mol. The van der Waals surface area contributed by atoms with E-state index in [4.69, 9.17) is 11.6 Å². The van der Waals surface area contributed by atoms with Crippen LogP contribution in [0.2, 0.25) is 5.02 Å². The van der Waals surface area contributed by atoms with Gasteiger partial charge in [-0.3, -0.25) is 4.79 Å². The van der Waals surface area contributed by atoms with Gasteiger partial charge in [0.2, 0.25) is 5.91 Å². The number of benzene rings is 2. The summed E-state index contributed by atoms with van der Waals surface area (Å²) in [4.78, 5) is 11.7. The third-order valence-electron chi connectivity index (χ3n) is 2.46. The van der Waals surface area contributed by atoms with E-state index in [9.17, 15) is 13.6 Å². The second-order valence-electron chi connectivity index (χ2n) is 3.98. The molecule has 5 heteroatoms. The van der Waals surface area contributed by atoms with Crippen molar-refractivity contribution in [1.29, 1.82) is 0 Å². The maximum absolute atomic E-state index is 13.3. The Morgan fingerprint density at radius 1 is 1.16 bits per heavy atom. The molecule has 0 aliphatic heterocycles. The summed E-state index contributed by atoms with van der Waals surface area (Å²) >= 11 is 5.79. The van der Waals surface area contributed by atoms with Crippen molar-refractivity contribution in [3.8, 4) is 0 Å². The number of amides is 1. The molecule has 2 nitrogen and oxygen atoms in total. The lowest BCUT2D eigenvalue weighted by atomic mass is 10.1. The van der Waals surface area contributed by atoms with Gasteiger partial charge < -0.3 is 5.32 Å². The van der Waals surface area contributed by atoms with Crippen molar-refractivity contribution in [2.75, 3.05) is 5.32 Å². The minimum Gasteiger partial charge on any atom is -0.323 e. The van der Waals surface area contributed by atoms with Crippen LogP contribution in [0.4, 0.5) is 14.5 Å². The van der Waals surface area contributed by atoms with E-state index in [0.717, 1.165) is 18.2 Å². The summed E-state index contributed by atoms with van der Waals surface area (Å²) in [6.45, 7) is 0. The molecule has 0 spiro atoms. The van der Waals surface area contributed by atoms with Gasteiger partial charge in [-0.1, -0.05) is 23.7 Å². The van der Waals surface area contributed by atoms with Crippen molar-refractivity contribution >= 4 is 23.2 Å². The van der Waals surface area contributed by atoms with Crippen LogP contribution in [0.5, 0.6) is 0 Å². The fourth-order valence-electron chi connectivity index (χ4n) is 1.62. The minimum absolute atomic E-state index is 0.0382. The molecule has 2 aromatic rings. The minimum atomic E-state index is -0.680. The van der Waals surface area contributed by atoms with Crippen molar-refractivity contribution < 1.29 is 13.6 Å². The van der Waals surface area contributed by atoms with Crippen molar-refractivity contribution in [1.82, 2.24) is 0 Å². The van der Waals surface area contributed by atoms with Crippen LogP contribution in [0.15, 0.2) is 42.5 Å². The number of anilines is 1. The number of halogens is 3. The lowest BCUT2D eigenvalue weighted by Crippen LogP contribution is -2.15. The smallest absolute Gasteiger partial charge is 0.228 e. The first-order valence-corrected chi connectivity index (χ1v) is 5.92. The summed E-state index contributed by atoms with van der Waals surface area (Å²) in [5, 5.41) is 2.84. The maximum atomic E-state index is 13.3. The molecule has 0 aliphatic carbocycles. The number of hydrogen-bond acceptors (Lipinski definition) is 1. The Kier molecular flexibility index (Phi) is 4.12. The molecule has 1 amide bonds. The van der Waals surface area contributed by atoms with E-state index in [2.05, 4.69) is 5.32 Å². The van der Waals surface area contributed by atoms with Crippen LogP contribution >= 0.6 is 11.6 Å². The molecule has 0 unspecified atom stereocenters. The second-order valence-corrected chi connectivity index (χ2v) is 4.42. The van der Waals surface area contributed by atoms with Crippen LogP contribution in [0.1, 0.15) is 5.56 Å². The highest BCUT2D eigenvalue weighted by Crippen LogP contribution is 2.16. The molecule has 98 valence electrons. The van der Waals surface area contributed by atoms with E-state index >= 15 is 0 Å². The Morgan fingerprint density at radius 2 is 1.95 bits per heavy atom. The molecule has 0 bridgehead atoms. The molecule has 0 fully saturated rings. The normalized spacial score (nSPS) is 10.3. The summed E-state index contributed by atoms with van der Waals surface area (Å²) in [5.41, 5.74) is 0.522. The third-order valence-corrected chi connectivity index (χ3v) is 2.69. The Labute approximate surface area is 114 Å².